The second-order valence-corrected chi connectivity index (χ2v) is 12.9. The van der Waals surface area contributed by atoms with Gasteiger partial charge in [-0.1, -0.05) is 83.5 Å². The number of rotatable bonds is 14. The number of halogens is 1. The van der Waals surface area contributed by atoms with E-state index in [0.717, 1.165) is 22.0 Å². The van der Waals surface area contributed by atoms with Crippen LogP contribution in [0.1, 0.15) is 44.2 Å². The van der Waals surface area contributed by atoms with Gasteiger partial charge in [0.05, 0.1) is 4.90 Å². The SMILES string of the molecule is CCC(C)NC(=O)C(Cc1ccccc1)N(Cc1ccc(Br)cc1)C(=O)CCCN(C)S(=O)(=O)c1ccccc1. The standard InChI is InChI=1S/C31H38BrN3O4S/c1-4-24(2)33-31(37)29(22-25-12-7-5-8-13-25)35(23-26-17-19-27(32)20-18-26)30(36)16-11-21-34(3)40(38,39)28-14-9-6-10-15-28/h5-10,12-15,17-20,24,29H,4,11,16,21-23H2,1-3H3,(H,33,37). The van der Waals surface area contributed by atoms with Gasteiger partial charge in [0.2, 0.25) is 21.8 Å². The average Bonchev–Trinajstić information content (AvgIpc) is 2.96. The lowest BCUT2D eigenvalue weighted by molar-refractivity contribution is -0.141. The molecule has 0 saturated heterocycles. The van der Waals surface area contributed by atoms with Crippen LogP contribution in [0.2, 0.25) is 0 Å². The molecule has 0 spiro atoms. The Kier molecular flexibility index (Phi) is 11.9. The Balaban J connectivity index is 1.83. The third kappa shape index (κ3) is 9.01. The van der Waals surface area contributed by atoms with Gasteiger partial charge in [0.25, 0.3) is 0 Å². The summed E-state index contributed by atoms with van der Waals surface area (Å²) in [5.74, 6) is -0.402. The Bertz CT molecular complexity index is 1340. The number of amides is 2. The summed E-state index contributed by atoms with van der Waals surface area (Å²) in [7, 11) is -2.14. The van der Waals surface area contributed by atoms with Gasteiger partial charge in [0.1, 0.15) is 6.04 Å². The molecule has 0 aliphatic heterocycles. The molecule has 0 bridgehead atoms. The Morgan fingerprint density at radius 2 is 1.50 bits per heavy atom. The molecule has 3 aromatic rings. The van der Waals surface area contributed by atoms with Crippen LogP contribution >= 0.6 is 15.9 Å². The van der Waals surface area contributed by atoms with E-state index in [9.17, 15) is 18.0 Å². The van der Waals surface area contributed by atoms with Gasteiger partial charge in [0.15, 0.2) is 0 Å². The summed E-state index contributed by atoms with van der Waals surface area (Å²) >= 11 is 3.45. The number of nitrogens with one attached hydrogen (secondary N) is 1. The predicted molar refractivity (Wildman–Crippen MR) is 162 cm³/mol. The predicted octanol–water partition coefficient (Wildman–Crippen LogP) is 5.40. The first-order valence-corrected chi connectivity index (χ1v) is 15.7. The van der Waals surface area contributed by atoms with Crippen molar-refractivity contribution in [2.24, 2.45) is 0 Å². The first kappa shape index (κ1) is 31.5. The number of carbonyl (C=O) groups excluding carboxylic acids is 2. The van der Waals surface area contributed by atoms with Gasteiger partial charge in [-0.3, -0.25) is 9.59 Å². The van der Waals surface area contributed by atoms with Crippen LogP contribution in [0.5, 0.6) is 0 Å². The Labute approximate surface area is 246 Å². The lowest BCUT2D eigenvalue weighted by atomic mass is 10.0. The summed E-state index contributed by atoms with van der Waals surface area (Å²) in [5.41, 5.74) is 1.85. The molecule has 2 amide bonds. The molecular weight excluding hydrogens is 590 g/mol. The number of sulfonamides is 1. The normalized spacial score (nSPS) is 13.0. The average molecular weight is 629 g/mol. The van der Waals surface area contributed by atoms with Crippen molar-refractivity contribution in [3.63, 3.8) is 0 Å². The molecule has 2 unspecified atom stereocenters. The fourth-order valence-corrected chi connectivity index (χ4v) is 5.77. The van der Waals surface area contributed by atoms with Crippen molar-refractivity contribution in [1.29, 1.82) is 0 Å². The minimum atomic E-state index is -3.66. The molecule has 0 fully saturated rings. The second kappa shape index (κ2) is 15.1. The van der Waals surface area contributed by atoms with E-state index in [1.165, 1.54) is 11.4 Å². The van der Waals surface area contributed by atoms with E-state index < -0.39 is 16.1 Å². The van der Waals surface area contributed by atoms with Crippen LogP contribution in [0.3, 0.4) is 0 Å². The smallest absolute Gasteiger partial charge is 0.243 e. The maximum absolute atomic E-state index is 13.8. The molecule has 0 radical (unpaired) electrons. The lowest BCUT2D eigenvalue weighted by Gasteiger charge is -2.32. The summed E-state index contributed by atoms with van der Waals surface area (Å²) in [4.78, 5) is 29.2. The minimum Gasteiger partial charge on any atom is -0.352 e. The van der Waals surface area contributed by atoms with Crippen molar-refractivity contribution in [1.82, 2.24) is 14.5 Å². The molecule has 0 aromatic heterocycles. The third-order valence-electron chi connectivity index (χ3n) is 6.85. The molecule has 7 nitrogen and oxygen atoms in total. The van der Waals surface area contributed by atoms with Crippen LogP contribution in [0.15, 0.2) is 94.3 Å². The Morgan fingerprint density at radius 3 is 2.10 bits per heavy atom. The number of benzene rings is 3. The monoisotopic (exact) mass is 627 g/mol. The highest BCUT2D eigenvalue weighted by molar-refractivity contribution is 9.10. The van der Waals surface area contributed by atoms with Gasteiger partial charge >= 0.3 is 0 Å². The zero-order valence-electron chi connectivity index (χ0n) is 23.3. The van der Waals surface area contributed by atoms with Crippen LogP contribution in [0.25, 0.3) is 0 Å². The van der Waals surface area contributed by atoms with Crippen molar-refractivity contribution in [2.75, 3.05) is 13.6 Å². The van der Waals surface area contributed by atoms with Gasteiger partial charge < -0.3 is 10.2 Å². The summed E-state index contributed by atoms with van der Waals surface area (Å²) in [5, 5.41) is 3.06. The molecule has 0 aliphatic carbocycles. The molecule has 0 heterocycles. The molecule has 40 heavy (non-hydrogen) atoms. The highest BCUT2D eigenvalue weighted by atomic mass is 79.9. The van der Waals surface area contributed by atoms with Crippen molar-refractivity contribution < 1.29 is 18.0 Å². The Morgan fingerprint density at radius 1 is 0.900 bits per heavy atom. The van der Waals surface area contributed by atoms with Crippen molar-refractivity contribution in [2.45, 2.75) is 63.1 Å². The highest BCUT2D eigenvalue weighted by Crippen LogP contribution is 2.19. The summed E-state index contributed by atoms with van der Waals surface area (Å²) in [6.07, 6.45) is 1.57. The molecule has 0 aliphatic rings. The topological polar surface area (TPSA) is 86.8 Å². The molecule has 0 saturated carbocycles. The van der Waals surface area contributed by atoms with Crippen molar-refractivity contribution in [3.8, 4) is 0 Å². The number of hydrogen-bond acceptors (Lipinski definition) is 4. The molecule has 1 N–H and O–H groups in total. The van der Waals surface area contributed by atoms with Crippen molar-refractivity contribution in [3.05, 3.63) is 101 Å². The zero-order valence-corrected chi connectivity index (χ0v) is 25.7. The van der Waals surface area contributed by atoms with E-state index in [1.807, 2.05) is 68.4 Å². The maximum Gasteiger partial charge on any atom is 0.243 e. The number of nitrogens with zero attached hydrogens (tertiary/aromatic N) is 2. The Hall–Kier alpha value is -3.01. The van der Waals surface area contributed by atoms with Crippen LogP contribution in [0.4, 0.5) is 0 Å². The van der Waals surface area contributed by atoms with Crippen LogP contribution in [-0.2, 0) is 32.6 Å². The van der Waals surface area contributed by atoms with Gasteiger partial charge in [-0.15, -0.1) is 0 Å². The fraction of sp³-hybridized carbons (Fsp3) is 0.355. The van der Waals surface area contributed by atoms with Crippen LogP contribution in [-0.4, -0.2) is 55.1 Å². The first-order valence-electron chi connectivity index (χ1n) is 13.5. The largest absolute Gasteiger partial charge is 0.352 e. The third-order valence-corrected chi connectivity index (χ3v) is 9.25. The van der Waals surface area contributed by atoms with Crippen LogP contribution in [0, 0.1) is 0 Å². The van der Waals surface area contributed by atoms with Gasteiger partial charge in [-0.2, -0.15) is 0 Å². The van der Waals surface area contributed by atoms with E-state index >= 15 is 0 Å². The maximum atomic E-state index is 13.8. The fourth-order valence-electron chi connectivity index (χ4n) is 4.27. The van der Waals surface area contributed by atoms with E-state index in [-0.39, 0.29) is 42.3 Å². The van der Waals surface area contributed by atoms with Crippen LogP contribution < -0.4 is 5.32 Å². The van der Waals surface area contributed by atoms with Gasteiger partial charge in [-0.05, 0) is 55.2 Å². The molecule has 9 heteroatoms. The van der Waals surface area contributed by atoms with Gasteiger partial charge in [-0.25, -0.2) is 12.7 Å². The highest BCUT2D eigenvalue weighted by Gasteiger charge is 2.31. The number of carbonyl (C=O) groups is 2. The van der Waals surface area contributed by atoms with E-state index in [1.54, 1.807) is 35.2 Å². The molecular formula is C31H38BrN3O4S. The summed E-state index contributed by atoms with van der Waals surface area (Å²) in [6, 6.07) is 24.8. The zero-order chi connectivity index (χ0) is 29.1. The molecule has 3 rings (SSSR count). The van der Waals surface area contributed by atoms with E-state index in [4.69, 9.17) is 0 Å². The first-order chi connectivity index (χ1) is 19.1. The molecule has 214 valence electrons. The van der Waals surface area contributed by atoms with E-state index in [0.29, 0.717) is 12.8 Å². The van der Waals surface area contributed by atoms with E-state index in [2.05, 4.69) is 21.2 Å². The quantitative estimate of drug-likeness (QED) is 0.259. The molecule has 2 atom stereocenters. The molecule has 3 aromatic carbocycles. The minimum absolute atomic E-state index is 0.0350. The second-order valence-electron chi connectivity index (χ2n) is 9.91. The van der Waals surface area contributed by atoms with Crippen molar-refractivity contribution >= 4 is 37.8 Å². The van der Waals surface area contributed by atoms with Gasteiger partial charge in [0, 0.05) is 43.5 Å². The summed E-state index contributed by atoms with van der Waals surface area (Å²) < 4.78 is 28.0. The summed E-state index contributed by atoms with van der Waals surface area (Å²) in [6.45, 7) is 4.39. The number of hydrogen-bond donors (Lipinski definition) is 1. The lowest BCUT2D eigenvalue weighted by Crippen LogP contribution is -2.52.